The van der Waals surface area contributed by atoms with Crippen LogP contribution in [0.15, 0.2) is 18.2 Å². The molecule has 1 heterocycles. The summed E-state index contributed by atoms with van der Waals surface area (Å²) >= 11 is 0. The van der Waals surface area contributed by atoms with Gasteiger partial charge in [-0.3, -0.25) is 9.59 Å². The van der Waals surface area contributed by atoms with Crippen LogP contribution in [-0.4, -0.2) is 29.9 Å². The standard InChI is InChI=1S/C12H13NO3/c1-8-2-3-10-9(6-8)11(14)4-5-13(10)7-12(15)16/h2-3,6H,4-5,7H2,1H3,(H,15,16). The Hall–Kier alpha value is -1.84. The van der Waals surface area contributed by atoms with E-state index in [0.717, 1.165) is 11.3 Å². The molecule has 4 heteroatoms. The molecular weight excluding hydrogens is 206 g/mol. The lowest BCUT2D eigenvalue weighted by Crippen LogP contribution is -2.36. The van der Waals surface area contributed by atoms with Gasteiger partial charge in [-0.25, -0.2) is 0 Å². The lowest BCUT2D eigenvalue weighted by atomic mass is 9.98. The first-order valence-corrected chi connectivity index (χ1v) is 5.18. The summed E-state index contributed by atoms with van der Waals surface area (Å²) in [6.07, 6.45) is 0.393. The fraction of sp³-hybridized carbons (Fsp3) is 0.333. The number of aliphatic carboxylic acids is 1. The monoisotopic (exact) mass is 219 g/mol. The predicted octanol–water partition coefficient (Wildman–Crippen LogP) is 1.47. The number of hydrogen-bond donors (Lipinski definition) is 1. The molecule has 1 aliphatic rings. The van der Waals surface area contributed by atoms with E-state index in [1.165, 1.54) is 0 Å². The van der Waals surface area contributed by atoms with Gasteiger partial charge >= 0.3 is 5.97 Å². The molecular formula is C12H13NO3. The maximum Gasteiger partial charge on any atom is 0.323 e. The quantitative estimate of drug-likeness (QED) is 0.818. The Labute approximate surface area is 93.5 Å². The summed E-state index contributed by atoms with van der Waals surface area (Å²) in [6.45, 7) is 2.36. The molecule has 0 fully saturated rings. The van der Waals surface area contributed by atoms with Crippen LogP contribution in [0.3, 0.4) is 0 Å². The van der Waals surface area contributed by atoms with E-state index in [1.807, 2.05) is 25.1 Å². The average Bonchev–Trinajstić information content (AvgIpc) is 2.22. The predicted molar refractivity (Wildman–Crippen MR) is 60.0 cm³/mol. The number of carboxylic acid groups (broad SMARTS) is 1. The highest BCUT2D eigenvalue weighted by atomic mass is 16.4. The van der Waals surface area contributed by atoms with E-state index in [0.29, 0.717) is 18.5 Å². The van der Waals surface area contributed by atoms with Crippen molar-refractivity contribution in [3.05, 3.63) is 29.3 Å². The van der Waals surface area contributed by atoms with Gasteiger partial charge in [0.25, 0.3) is 0 Å². The summed E-state index contributed by atoms with van der Waals surface area (Å²) in [4.78, 5) is 24.1. The molecule has 0 aromatic heterocycles. The Bertz CT molecular complexity index is 454. The molecule has 84 valence electrons. The number of benzene rings is 1. The molecule has 0 spiro atoms. The minimum absolute atomic E-state index is 0.0522. The van der Waals surface area contributed by atoms with E-state index in [4.69, 9.17) is 5.11 Å². The molecule has 0 aliphatic carbocycles. The summed E-state index contributed by atoms with van der Waals surface area (Å²) in [5.41, 5.74) is 2.40. The van der Waals surface area contributed by atoms with Crippen molar-refractivity contribution in [3.8, 4) is 0 Å². The van der Waals surface area contributed by atoms with Crippen molar-refractivity contribution >= 4 is 17.4 Å². The van der Waals surface area contributed by atoms with Gasteiger partial charge in [0.2, 0.25) is 0 Å². The van der Waals surface area contributed by atoms with Crippen LogP contribution < -0.4 is 4.90 Å². The van der Waals surface area contributed by atoms with Crippen LogP contribution in [0.2, 0.25) is 0 Å². The van der Waals surface area contributed by atoms with Crippen LogP contribution in [0.1, 0.15) is 22.3 Å². The summed E-state index contributed by atoms with van der Waals surface area (Å²) in [5.74, 6) is -0.777. The second kappa shape index (κ2) is 3.96. The number of carbonyl (C=O) groups excluding carboxylic acids is 1. The third kappa shape index (κ3) is 1.91. The van der Waals surface area contributed by atoms with Gasteiger partial charge in [-0.2, -0.15) is 0 Å². The van der Waals surface area contributed by atoms with Crippen molar-refractivity contribution in [2.75, 3.05) is 18.0 Å². The molecule has 16 heavy (non-hydrogen) atoms. The number of nitrogens with zero attached hydrogens (tertiary/aromatic N) is 1. The van der Waals surface area contributed by atoms with Crippen molar-refractivity contribution in [2.45, 2.75) is 13.3 Å². The molecule has 0 saturated carbocycles. The second-order valence-electron chi connectivity index (χ2n) is 4.01. The minimum Gasteiger partial charge on any atom is -0.480 e. The Kier molecular flexibility index (Phi) is 2.64. The van der Waals surface area contributed by atoms with Crippen molar-refractivity contribution in [1.29, 1.82) is 0 Å². The maximum atomic E-state index is 11.7. The largest absolute Gasteiger partial charge is 0.480 e. The number of hydrogen-bond acceptors (Lipinski definition) is 3. The van der Waals surface area contributed by atoms with Gasteiger partial charge in [0.05, 0.1) is 0 Å². The number of rotatable bonds is 2. The number of carbonyl (C=O) groups is 2. The number of anilines is 1. The van der Waals surface area contributed by atoms with Gasteiger partial charge in [-0.15, -0.1) is 0 Å². The molecule has 4 nitrogen and oxygen atoms in total. The van der Waals surface area contributed by atoms with Crippen molar-refractivity contribution in [3.63, 3.8) is 0 Å². The van der Waals surface area contributed by atoms with Gasteiger partial charge in [-0.05, 0) is 19.1 Å². The van der Waals surface area contributed by atoms with Gasteiger partial charge in [0, 0.05) is 24.2 Å². The lowest BCUT2D eigenvalue weighted by molar-refractivity contribution is -0.135. The summed E-state index contributed by atoms with van der Waals surface area (Å²) in [5, 5.41) is 8.79. The van der Waals surface area contributed by atoms with E-state index in [-0.39, 0.29) is 12.3 Å². The molecule has 1 N–H and O–H groups in total. The molecule has 1 aromatic carbocycles. The first-order chi connectivity index (χ1) is 7.58. The SMILES string of the molecule is Cc1ccc2c(c1)C(=O)CCN2CC(=O)O. The highest BCUT2D eigenvalue weighted by molar-refractivity contribution is 6.04. The third-order valence-corrected chi connectivity index (χ3v) is 2.73. The number of ketones is 1. The summed E-state index contributed by atoms with van der Waals surface area (Å²) in [6, 6.07) is 5.54. The van der Waals surface area contributed by atoms with E-state index >= 15 is 0 Å². The van der Waals surface area contributed by atoms with Crippen molar-refractivity contribution < 1.29 is 14.7 Å². The first kappa shape index (κ1) is 10.7. The fourth-order valence-corrected chi connectivity index (χ4v) is 1.97. The molecule has 0 bridgehead atoms. The number of fused-ring (bicyclic) bond motifs is 1. The van der Waals surface area contributed by atoms with Crippen LogP contribution in [0.25, 0.3) is 0 Å². The van der Waals surface area contributed by atoms with Crippen molar-refractivity contribution in [1.82, 2.24) is 0 Å². The molecule has 0 unspecified atom stereocenters. The number of aryl methyl sites for hydroxylation is 1. The van der Waals surface area contributed by atoms with E-state index in [9.17, 15) is 9.59 Å². The normalized spacial score (nSPS) is 14.8. The smallest absolute Gasteiger partial charge is 0.323 e. The molecule has 0 atom stereocenters. The van der Waals surface area contributed by atoms with Gasteiger partial charge < -0.3 is 10.0 Å². The molecule has 2 rings (SSSR count). The number of carboxylic acids is 1. The van der Waals surface area contributed by atoms with Crippen LogP contribution in [0.5, 0.6) is 0 Å². The maximum absolute atomic E-state index is 11.7. The Morgan fingerprint density at radius 1 is 1.50 bits per heavy atom. The van der Waals surface area contributed by atoms with Crippen LogP contribution >= 0.6 is 0 Å². The molecule has 0 saturated heterocycles. The minimum atomic E-state index is -0.874. The van der Waals surface area contributed by atoms with E-state index in [2.05, 4.69) is 0 Å². The fourth-order valence-electron chi connectivity index (χ4n) is 1.97. The van der Waals surface area contributed by atoms with Crippen molar-refractivity contribution in [2.24, 2.45) is 0 Å². The second-order valence-corrected chi connectivity index (χ2v) is 4.01. The molecule has 0 radical (unpaired) electrons. The van der Waals surface area contributed by atoms with Gasteiger partial charge in [-0.1, -0.05) is 11.6 Å². The zero-order valence-corrected chi connectivity index (χ0v) is 9.06. The zero-order valence-electron chi connectivity index (χ0n) is 9.06. The van der Waals surface area contributed by atoms with Crippen LogP contribution in [0.4, 0.5) is 5.69 Å². The van der Waals surface area contributed by atoms with E-state index < -0.39 is 5.97 Å². The third-order valence-electron chi connectivity index (χ3n) is 2.73. The Morgan fingerprint density at radius 3 is 2.94 bits per heavy atom. The average molecular weight is 219 g/mol. The number of Topliss-reactive ketones (excluding diaryl/α,β-unsaturated/α-hetero) is 1. The molecule has 1 aromatic rings. The molecule has 0 amide bonds. The Balaban J connectivity index is 2.40. The lowest BCUT2D eigenvalue weighted by Gasteiger charge is -2.29. The molecule has 1 aliphatic heterocycles. The van der Waals surface area contributed by atoms with E-state index in [1.54, 1.807) is 4.90 Å². The van der Waals surface area contributed by atoms with Crippen LogP contribution in [0, 0.1) is 6.92 Å². The summed E-state index contributed by atoms with van der Waals surface area (Å²) in [7, 11) is 0. The first-order valence-electron chi connectivity index (χ1n) is 5.18. The zero-order chi connectivity index (χ0) is 11.7. The van der Waals surface area contributed by atoms with Gasteiger partial charge in [0.15, 0.2) is 5.78 Å². The van der Waals surface area contributed by atoms with Gasteiger partial charge in [0.1, 0.15) is 6.54 Å². The topological polar surface area (TPSA) is 57.6 Å². The van der Waals surface area contributed by atoms with Crippen LogP contribution in [-0.2, 0) is 4.79 Å². The Morgan fingerprint density at radius 2 is 2.25 bits per heavy atom. The highest BCUT2D eigenvalue weighted by Gasteiger charge is 2.24. The summed E-state index contributed by atoms with van der Waals surface area (Å²) < 4.78 is 0. The highest BCUT2D eigenvalue weighted by Crippen LogP contribution is 2.27.